The molecule has 18 heavy (non-hydrogen) atoms. The van der Waals surface area contributed by atoms with Gasteiger partial charge in [-0.15, -0.1) is 0 Å². The number of piperidine rings is 1. The molecule has 1 aromatic carbocycles. The van der Waals surface area contributed by atoms with Gasteiger partial charge in [-0.25, -0.2) is 4.39 Å². The first-order valence-corrected chi connectivity index (χ1v) is 6.82. The molecule has 0 saturated carbocycles. The Bertz CT molecular complexity index is 397. The number of aryl methyl sites for hydroxylation is 1. The molecule has 2 nitrogen and oxygen atoms in total. The molecular weight excluding hydrogens is 227 g/mol. The summed E-state index contributed by atoms with van der Waals surface area (Å²) < 4.78 is 14.0. The van der Waals surface area contributed by atoms with Crippen LogP contribution in [0.1, 0.15) is 36.9 Å². The molecule has 2 N–H and O–H groups in total. The zero-order chi connectivity index (χ0) is 13.1. The molecule has 1 fully saturated rings. The molecule has 3 heteroatoms. The third kappa shape index (κ3) is 2.90. The van der Waals surface area contributed by atoms with Crippen molar-refractivity contribution in [3.8, 4) is 0 Å². The summed E-state index contributed by atoms with van der Waals surface area (Å²) in [5.41, 5.74) is 7.73. The average molecular weight is 250 g/mol. The first-order valence-electron chi connectivity index (χ1n) is 6.82. The van der Waals surface area contributed by atoms with Crippen LogP contribution in [0, 0.1) is 18.7 Å². The van der Waals surface area contributed by atoms with Crippen molar-refractivity contribution >= 4 is 0 Å². The SMILES string of the molecule is Cc1ccc(F)c(C(CN)N2CCC(C)CC2)c1. The van der Waals surface area contributed by atoms with Gasteiger partial charge in [0.1, 0.15) is 5.82 Å². The van der Waals surface area contributed by atoms with E-state index in [1.807, 2.05) is 19.1 Å². The van der Waals surface area contributed by atoms with Gasteiger partial charge in [-0.2, -0.15) is 0 Å². The molecule has 1 atom stereocenters. The normalized spacial score (nSPS) is 20.0. The van der Waals surface area contributed by atoms with E-state index in [2.05, 4.69) is 11.8 Å². The topological polar surface area (TPSA) is 29.3 Å². The Morgan fingerprint density at radius 2 is 2.06 bits per heavy atom. The molecule has 0 aliphatic carbocycles. The van der Waals surface area contributed by atoms with Crippen LogP contribution in [0.4, 0.5) is 4.39 Å². The smallest absolute Gasteiger partial charge is 0.128 e. The number of nitrogens with zero attached hydrogens (tertiary/aromatic N) is 1. The van der Waals surface area contributed by atoms with Gasteiger partial charge >= 0.3 is 0 Å². The van der Waals surface area contributed by atoms with E-state index in [0.29, 0.717) is 6.54 Å². The molecular formula is C15H23FN2. The van der Waals surface area contributed by atoms with Gasteiger partial charge in [-0.05, 0) is 44.8 Å². The lowest BCUT2D eigenvalue weighted by Crippen LogP contribution is -2.39. The highest BCUT2D eigenvalue weighted by atomic mass is 19.1. The molecule has 2 rings (SSSR count). The summed E-state index contributed by atoms with van der Waals surface area (Å²) in [5, 5.41) is 0. The van der Waals surface area contributed by atoms with Crippen molar-refractivity contribution in [2.75, 3.05) is 19.6 Å². The van der Waals surface area contributed by atoms with Gasteiger partial charge < -0.3 is 5.73 Å². The fourth-order valence-electron chi connectivity index (χ4n) is 2.73. The molecule has 0 radical (unpaired) electrons. The van der Waals surface area contributed by atoms with Crippen molar-refractivity contribution in [3.63, 3.8) is 0 Å². The summed E-state index contributed by atoms with van der Waals surface area (Å²) in [5.74, 6) is 0.650. The first-order chi connectivity index (χ1) is 8.61. The van der Waals surface area contributed by atoms with Crippen molar-refractivity contribution in [3.05, 3.63) is 35.1 Å². The van der Waals surface area contributed by atoms with Crippen molar-refractivity contribution in [1.29, 1.82) is 0 Å². The van der Waals surface area contributed by atoms with Crippen LogP contribution in [0.25, 0.3) is 0 Å². The van der Waals surface area contributed by atoms with E-state index in [9.17, 15) is 4.39 Å². The Kier molecular flexibility index (Phi) is 4.36. The summed E-state index contributed by atoms with van der Waals surface area (Å²) in [6.45, 7) is 6.80. The second kappa shape index (κ2) is 5.81. The Hall–Kier alpha value is -0.930. The molecule has 1 unspecified atom stereocenters. The number of benzene rings is 1. The van der Waals surface area contributed by atoms with Crippen LogP contribution in [0.5, 0.6) is 0 Å². The molecule has 1 aliphatic rings. The third-order valence-electron chi connectivity index (χ3n) is 3.99. The maximum Gasteiger partial charge on any atom is 0.128 e. The minimum atomic E-state index is -0.130. The van der Waals surface area contributed by atoms with Crippen LogP contribution in [-0.2, 0) is 0 Å². The molecule has 0 spiro atoms. The van der Waals surface area contributed by atoms with Crippen LogP contribution in [0.2, 0.25) is 0 Å². The van der Waals surface area contributed by atoms with Gasteiger partial charge in [0.15, 0.2) is 0 Å². The highest BCUT2D eigenvalue weighted by Crippen LogP contribution is 2.28. The van der Waals surface area contributed by atoms with Crippen molar-refractivity contribution in [2.24, 2.45) is 11.7 Å². The zero-order valence-electron chi connectivity index (χ0n) is 11.3. The minimum Gasteiger partial charge on any atom is -0.329 e. The number of hydrogen-bond acceptors (Lipinski definition) is 2. The van der Waals surface area contributed by atoms with Crippen molar-refractivity contribution < 1.29 is 4.39 Å². The second-order valence-electron chi connectivity index (χ2n) is 5.49. The summed E-state index contributed by atoms with van der Waals surface area (Å²) >= 11 is 0. The number of hydrogen-bond donors (Lipinski definition) is 1. The van der Waals surface area contributed by atoms with Gasteiger partial charge in [0.2, 0.25) is 0 Å². The first kappa shape index (κ1) is 13.5. The lowest BCUT2D eigenvalue weighted by atomic mass is 9.95. The predicted octanol–water partition coefficient (Wildman–Crippen LogP) is 2.87. The molecule has 1 heterocycles. The van der Waals surface area contributed by atoms with Crippen molar-refractivity contribution in [1.82, 2.24) is 4.90 Å². The predicted molar refractivity (Wildman–Crippen MR) is 72.9 cm³/mol. The van der Waals surface area contributed by atoms with E-state index in [4.69, 9.17) is 5.73 Å². The lowest BCUT2D eigenvalue weighted by Gasteiger charge is -2.36. The Morgan fingerprint density at radius 3 is 2.67 bits per heavy atom. The molecule has 1 saturated heterocycles. The van der Waals surface area contributed by atoms with Gasteiger partial charge in [-0.1, -0.05) is 24.6 Å². The molecule has 0 amide bonds. The van der Waals surface area contributed by atoms with E-state index in [1.165, 1.54) is 12.8 Å². The van der Waals surface area contributed by atoms with Crippen LogP contribution >= 0.6 is 0 Å². The quantitative estimate of drug-likeness (QED) is 0.893. The summed E-state index contributed by atoms with van der Waals surface area (Å²) in [4.78, 5) is 2.33. The average Bonchev–Trinajstić information content (AvgIpc) is 2.37. The Balaban J connectivity index is 2.19. The largest absolute Gasteiger partial charge is 0.329 e. The Labute approximate surface area is 109 Å². The summed E-state index contributed by atoms with van der Waals surface area (Å²) in [6.07, 6.45) is 2.37. The van der Waals surface area contributed by atoms with Gasteiger partial charge in [-0.3, -0.25) is 4.90 Å². The van der Waals surface area contributed by atoms with E-state index >= 15 is 0 Å². The second-order valence-corrected chi connectivity index (χ2v) is 5.49. The number of nitrogens with two attached hydrogens (primary N) is 1. The fourth-order valence-corrected chi connectivity index (χ4v) is 2.73. The molecule has 1 aliphatic heterocycles. The summed E-state index contributed by atoms with van der Waals surface area (Å²) in [6, 6.07) is 5.33. The van der Waals surface area contributed by atoms with Crippen LogP contribution in [0.15, 0.2) is 18.2 Å². The van der Waals surface area contributed by atoms with E-state index < -0.39 is 0 Å². The fraction of sp³-hybridized carbons (Fsp3) is 0.600. The number of halogens is 1. The molecule has 0 bridgehead atoms. The van der Waals surface area contributed by atoms with Crippen LogP contribution < -0.4 is 5.73 Å². The maximum absolute atomic E-state index is 14.0. The van der Waals surface area contributed by atoms with Gasteiger partial charge in [0, 0.05) is 18.2 Å². The molecule has 1 aromatic rings. The number of likely N-dealkylation sites (tertiary alicyclic amines) is 1. The minimum absolute atomic E-state index is 0.0254. The highest BCUT2D eigenvalue weighted by molar-refractivity contribution is 5.27. The number of rotatable bonds is 3. The van der Waals surface area contributed by atoms with Gasteiger partial charge in [0.25, 0.3) is 0 Å². The molecule has 0 aromatic heterocycles. The van der Waals surface area contributed by atoms with E-state index in [0.717, 1.165) is 30.1 Å². The standard InChI is InChI=1S/C15H23FN2/c1-11-5-7-18(8-6-11)15(10-17)13-9-12(2)3-4-14(13)16/h3-4,9,11,15H,5-8,10,17H2,1-2H3. The van der Waals surface area contributed by atoms with Crippen LogP contribution in [-0.4, -0.2) is 24.5 Å². The zero-order valence-corrected chi connectivity index (χ0v) is 11.3. The maximum atomic E-state index is 14.0. The Morgan fingerprint density at radius 1 is 1.39 bits per heavy atom. The monoisotopic (exact) mass is 250 g/mol. The highest BCUT2D eigenvalue weighted by Gasteiger charge is 2.25. The van der Waals surface area contributed by atoms with Gasteiger partial charge in [0.05, 0.1) is 0 Å². The summed E-state index contributed by atoms with van der Waals surface area (Å²) in [7, 11) is 0. The third-order valence-corrected chi connectivity index (χ3v) is 3.99. The lowest BCUT2D eigenvalue weighted by molar-refractivity contribution is 0.139. The van der Waals surface area contributed by atoms with E-state index in [1.54, 1.807) is 6.07 Å². The molecule has 100 valence electrons. The van der Waals surface area contributed by atoms with Crippen LogP contribution in [0.3, 0.4) is 0 Å². The van der Waals surface area contributed by atoms with Crippen molar-refractivity contribution in [2.45, 2.75) is 32.7 Å². The van der Waals surface area contributed by atoms with E-state index in [-0.39, 0.29) is 11.9 Å².